The van der Waals surface area contributed by atoms with Crippen molar-refractivity contribution in [2.75, 3.05) is 38.3 Å². The van der Waals surface area contributed by atoms with E-state index in [4.69, 9.17) is 26.1 Å². The van der Waals surface area contributed by atoms with E-state index in [0.717, 1.165) is 47.7 Å². The number of anilines is 1. The van der Waals surface area contributed by atoms with Crippen LogP contribution in [0.25, 0.3) is 10.9 Å². The zero-order valence-corrected chi connectivity index (χ0v) is 13.6. The number of hydrogen-bond acceptors (Lipinski definition) is 4. The number of halogens is 1. The molecule has 2 heterocycles. The molecule has 0 saturated carbocycles. The van der Waals surface area contributed by atoms with Crippen molar-refractivity contribution in [3.05, 3.63) is 35.4 Å². The minimum atomic E-state index is 0.339. The van der Waals surface area contributed by atoms with Gasteiger partial charge in [-0.1, -0.05) is 11.6 Å². The molecule has 5 heteroatoms. The highest BCUT2D eigenvalue weighted by Gasteiger charge is 2.20. The number of ether oxygens (including phenoxy) is 2. The van der Waals surface area contributed by atoms with Crippen LogP contribution in [0.15, 0.2) is 30.3 Å². The van der Waals surface area contributed by atoms with Gasteiger partial charge in [-0.15, -0.1) is 0 Å². The molecular formula is C17H21ClN2O2. The van der Waals surface area contributed by atoms with E-state index in [9.17, 15) is 0 Å². The predicted octanol–water partition coefficient (Wildman–Crippen LogP) is 3.52. The van der Waals surface area contributed by atoms with Crippen LogP contribution in [0, 0.1) is 0 Å². The zero-order chi connectivity index (χ0) is 15.4. The average molecular weight is 321 g/mol. The lowest BCUT2D eigenvalue weighted by Gasteiger charge is -2.32. The standard InChI is InChI=1S/C17H21ClN2O2/c1-21-10-11-22-15-6-8-20(9-7-15)17-5-2-13-12-14(18)3-4-16(13)19-17/h2-5,12,15H,6-11H2,1H3. The Morgan fingerprint density at radius 3 is 2.77 bits per heavy atom. The molecule has 118 valence electrons. The summed E-state index contributed by atoms with van der Waals surface area (Å²) in [4.78, 5) is 7.07. The molecule has 22 heavy (non-hydrogen) atoms. The van der Waals surface area contributed by atoms with E-state index >= 15 is 0 Å². The molecule has 4 nitrogen and oxygen atoms in total. The first-order valence-electron chi connectivity index (χ1n) is 7.68. The number of methoxy groups -OCH3 is 1. The lowest BCUT2D eigenvalue weighted by Crippen LogP contribution is -2.37. The molecule has 1 aliphatic rings. The molecule has 3 rings (SSSR count). The zero-order valence-electron chi connectivity index (χ0n) is 12.8. The highest BCUT2D eigenvalue weighted by molar-refractivity contribution is 6.31. The summed E-state index contributed by atoms with van der Waals surface area (Å²) in [5, 5.41) is 1.82. The summed E-state index contributed by atoms with van der Waals surface area (Å²) in [6, 6.07) is 9.97. The van der Waals surface area contributed by atoms with Gasteiger partial charge in [0.2, 0.25) is 0 Å². The number of hydrogen-bond donors (Lipinski definition) is 0. The first kappa shape index (κ1) is 15.5. The Bertz CT molecular complexity index is 627. The summed E-state index contributed by atoms with van der Waals surface area (Å²) in [6.07, 6.45) is 2.40. The Labute approximate surface area is 136 Å². The third-order valence-corrected chi connectivity index (χ3v) is 4.28. The highest BCUT2D eigenvalue weighted by atomic mass is 35.5. The van der Waals surface area contributed by atoms with Gasteiger partial charge in [-0.2, -0.15) is 0 Å². The van der Waals surface area contributed by atoms with Crippen molar-refractivity contribution < 1.29 is 9.47 Å². The number of benzene rings is 1. The summed E-state index contributed by atoms with van der Waals surface area (Å²) >= 11 is 6.01. The van der Waals surface area contributed by atoms with E-state index < -0.39 is 0 Å². The van der Waals surface area contributed by atoms with Crippen LogP contribution >= 0.6 is 11.6 Å². The first-order chi connectivity index (χ1) is 10.8. The van der Waals surface area contributed by atoms with E-state index in [1.165, 1.54) is 0 Å². The second kappa shape index (κ2) is 7.27. The molecule has 2 aromatic rings. The molecule has 1 aliphatic heterocycles. The van der Waals surface area contributed by atoms with Crippen molar-refractivity contribution in [1.82, 2.24) is 4.98 Å². The van der Waals surface area contributed by atoms with Crippen molar-refractivity contribution in [2.45, 2.75) is 18.9 Å². The number of fused-ring (bicyclic) bond motifs is 1. The van der Waals surface area contributed by atoms with E-state index in [2.05, 4.69) is 17.0 Å². The predicted molar refractivity (Wildman–Crippen MR) is 89.8 cm³/mol. The van der Waals surface area contributed by atoms with Gasteiger partial charge in [-0.25, -0.2) is 4.98 Å². The van der Waals surface area contributed by atoms with Crippen LogP contribution in [0.5, 0.6) is 0 Å². The van der Waals surface area contributed by atoms with E-state index in [0.29, 0.717) is 19.3 Å². The molecule has 0 radical (unpaired) electrons. The van der Waals surface area contributed by atoms with E-state index in [1.807, 2.05) is 18.2 Å². The Kier molecular flexibility index (Phi) is 5.13. The summed E-state index contributed by atoms with van der Waals surface area (Å²) < 4.78 is 10.8. The van der Waals surface area contributed by atoms with Crippen LogP contribution in [0.3, 0.4) is 0 Å². The van der Waals surface area contributed by atoms with Gasteiger partial charge in [0.05, 0.1) is 24.8 Å². The molecule has 1 aromatic carbocycles. The van der Waals surface area contributed by atoms with E-state index in [-0.39, 0.29) is 0 Å². The fourth-order valence-corrected chi connectivity index (χ4v) is 2.99. The van der Waals surface area contributed by atoms with E-state index in [1.54, 1.807) is 7.11 Å². The van der Waals surface area contributed by atoms with Gasteiger partial charge in [0, 0.05) is 30.6 Å². The number of rotatable bonds is 5. The third kappa shape index (κ3) is 3.69. The Balaban J connectivity index is 1.62. The van der Waals surface area contributed by atoms with Crippen LogP contribution in [-0.4, -0.2) is 44.5 Å². The smallest absolute Gasteiger partial charge is 0.129 e. The Hall–Kier alpha value is -1.36. The highest BCUT2D eigenvalue weighted by Crippen LogP contribution is 2.24. The maximum absolute atomic E-state index is 6.01. The van der Waals surface area contributed by atoms with Gasteiger partial charge in [0.15, 0.2) is 0 Å². The second-order valence-corrected chi connectivity index (χ2v) is 5.99. The van der Waals surface area contributed by atoms with Crippen LogP contribution in [-0.2, 0) is 9.47 Å². The van der Waals surface area contributed by atoms with Gasteiger partial charge >= 0.3 is 0 Å². The molecule has 1 aromatic heterocycles. The van der Waals surface area contributed by atoms with Gasteiger partial charge in [-0.3, -0.25) is 0 Å². The molecule has 1 fully saturated rings. The maximum atomic E-state index is 6.01. The summed E-state index contributed by atoms with van der Waals surface area (Å²) in [7, 11) is 1.70. The van der Waals surface area contributed by atoms with Crippen LogP contribution in [0.1, 0.15) is 12.8 Å². The van der Waals surface area contributed by atoms with Gasteiger partial charge in [-0.05, 0) is 43.2 Å². The van der Waals surface area contributed by atoms with Gasteiger partial charge in [0.25, 0.3) is 0 Å². The molecule has 0 bridgehead atoms. The summed E-state index contributed by atoms with van der Waals surface area (Å²) in [5.74, 6) is 1.03. The maximum Gasteiger partial charge on any atom is 0.129 e. The molecule has 0 N–H and O–H groups in total. The largest absolute Gasteiger partial charge is 0.382 e. The minimum Gasteiger partial charge on any atom is -0.382 e. The van der Waals surface area contributed by atoms with Crippen molar-refractivity contribution in [2.24, 2.45) is 0 Å². The summed E-state index contributed by atoms with van der Waals surface area (Å²) in [5.41, 5.74) is 0.986. The molecule has 0 spiro atoms. The molecule has 0 atom stereocenters. The van der Waals surface area contributed by atoms with Crippen LogP contribution in [0.2, 0.25) is 5.02 Å². The SMILES string of the molecule is COCCOC1CCN(c2ccc3cc(Cl)ccc3n2)CC1. The van der Waals surface area contributed by atoms with Crippen molar-refractivity contribution in [1.29, 1.82) is 0 Å². The Morgan fingerprint density at radius 1 is 1.18 bits per heavy atom. The van der Waals surface area contributed by atoms with Crippen LogP contribution < -0.4 is 4.90 Å². The molecule has 1 saturated heterocycles. The fourth-order valence-electron chi connectivity index (χ4n) is 2.81. The monoisotopic (exact) mass is 320 g/mol. The van der Waals surface area contributed by atoms with Gasteiger partial charge in [0.1, 0.15) is 5.82 Å². The minimum absolute atomic E-state index is 0.339. The quantitative estimate of drug-likeness (QED) is 0.790. The van der Waals surface area contributed by atoms with Gasteiger partial charge < -0.3 is 14.4 Å². The third-order valence-electron chi connectivity index (χ3n) is 4.04. The number of aromatic nitrogens is 1. The van der Waals surface area contributed by atoms with Crippen LogP contribution in [0.4, 0.5) is 5.82 Å². The number of nitrogens with zero attached hydrogens (tertiary/aromatic N) is 2. The van der Waals surface area contributed by atoms with Crippen molar-refractivity contribution >= 4 is 28.3 Å². The lowest BCUT2D eigenvalue weighted by molar-refractivity contribution is 0.00605. The molecule has 0 aliphatic carbocycles. The van der Waals surface area contributed by atoms with Crippen molar-refractivity contribution in [3.63, 3.8) is 0 Å². The second-order valence-electron chi connectivity index (χ2n) is 5.56. The Morgan fingerprint density at radius 2 is 2.00 bits per heavy atom. The first-order valence-corrected chi connectivity index (χ1v) is 8.06. The number of piperidine rings is 1. The molecular weight excluding hydrogens is 300 g/mol. The lowest BCUT2D eigenvalue weighted by atomic mass is 10.1. The fraction of sp³-hybridized carbons (Fsp3) is 0.471. The number of pyridine rings is 1. The molecule has 0 unspecified atom stereocenters. The summed E-state index contributed by atoms with van der Waals surface area (Å²) in [6.45, 7) is 3.29. The molecule has 0 amide bonds. The topological polar surface area (TPSA) is 34.6 Å². The normalized spacial score (nSPS) is 16.4. The average Bonchev–Trinajstić information content (AvgIpc) is 2.55. The van der Waals surface area contributed by atoms with Crippen molar-refractivity contribution in [3.8, 4) is 0 Å².